The van der Waals surface area contributed by atoms with Crippen LogP contribution in [0.3, 0.4) is 0 Å². The van der Waals surface area contributed by atoms with E-state index in [0.717, 1.165) is 37.8 Å². The smallest absolute Gasteiger partial charge is 0.255 e. The molecule has 0 radical (unpaired) electrons. The largest absolute Gasteiger partial charge is 0.404 e. The summed E-state index contributed by atoms with van der Waals surface area (Å²) in [7, 11) is 0. The normalized spacial score (nSPS) is 18.9. The highest BCUT2D eigenvalue weighted by atomic mass is 16.3. The van der Waals surface area contributed by atoms with Crippen LogP contribution >= 0.6 is 0 Å². The van der Waals surface area contributed by atoms with E-state index >= 15 is 0 Å². The number of ketones is 1. The Morgan fingerprint density at radius 2 is 1.97 bits per heavy atom. The number of hydrogen-bond donors (Lipinski definition) is 4. The number of amides is 2. The third-order valence-corrected chi connectivity index (χ3v) is 6.35. The van der Waals surface area contributed by atoms with E-state index < -0.39 is 17.6 Å². The predicted molar refractivity (Wildman–Crippen MR) is 131 cm³/mol. The van der Waals surface area contributed by atoms with E-state index in [9.17, 15) is 19.5 Å². The maximum absolute atomic E-state index is 12.8. The molecule has 1 heterocycles. The third-order valence-electron chi connectivity index (χ3n) is 6.35. The van der Waals surface area contributed by atoms with Gasteiger partial charge in [-0.25, -0.2) is 0 Å². The number of carbonyl (C=O) groups excluding carboxylic acids is 3. The molecule has 34 heavy (non-hydrogen) atoms. The van der Waals surface area contributed by atoms with Crippen molar-refractivity contribution in [3.05, 3.63) is 54.4 Å². The molecule has 0 aromatic heterocycles. The lowest BCUT2D eigenvalue weighted by Crippen LogP contribution is -2.51. The highest BCUT2D eigenvalue weighted by Crippen LogP contribution is 2.36. The van der Waals surface area contributed by atoms with Crippen LogP contribution in [0.5, 0.6) is 0 Å². The summed E-state index contributed by atoms with van der Waals surface area (Å²) in [6.45, 7) is 6.96. The Morgan fingerprint density at radius 3 is 2.56 bits per heavy atom. The van der Waals surface area contributed by atoms with Gasteiger partial charge in [-0.3, -0.25) is 19.4 Å². The molecule has 9 nitrogen and oxygen atoms in total. The van der Waals surface area contributed by atoms with Crippen LogP contribution in [0.15, 0.2) is 53.8 Å². The molecule has 1 unspecified atom stereocenters. The van der Waals surface area contributed by atoms with Crippen LogP contribution in [-0.2, 0) is 9.59 Å². The van der Waals surface area contributed by atoms with Gasteiger partial charge in [-0.2, -0.15) is 0 Å². The predicted octanol–water partition coefficient (Wildman–Crippen LogP) is 1.29. The minimum atomic E-state index is -1.05. The Kier molecular flexibility index (Phi) is 8.22. The van der Waals surface area contributed by atoms with Crippen molar-refractivity contribution in [1.82, 2.24) is 10.6 Å². The van der Waals surface area contributed by atoms with Gasteiger partial charge in [-0.05, 0) is 50.7 Å². The number of hydrogen-bond acceptors (Lipinski definition) is 7. The number of rotatable bonds is 10. The van der Waals surface area contributed by atoms with Gasteiger partial charge in [0, 0.05) is 49.5 Å². The van der Waals surface area contributed by atoms with E-state index in [2.05, 4.69) is 27.1 Å². The summed E-state index contributed by atoms with van der Waals surface area (Å²) in [5.41, 5.74) is 6.13. The Morgan fingerprint density at radius 1 is 1.29 bits per heavy atom. The first kappa shape index (κ1) is 25.2. The summed E-state index contributed by atoms with van der Waals surface area (Å²) >= 11 is 0. The Balaban J connectivity index is 1.51. The minimum absolute atomic E-state index is 0.167. The van der Waals surface area contributed by atoms with Crippen molar-refractivity contribution in [3.8, 4) is 0 Å². The molecule has 0 bridgehead atoms. The van der Waals surface area contributed by atoms with Gasteiger partial charge < -0.3 is 26.4 Å². The molecule has 0 spiro atoms. The van der Waals surface area contributed by atoms with E-state index in [1.807, 2.05) is 12.1 Å². The van der Waals surface area contributed by atoms with E-state index in [0.29, 0.717) is 30.9 Å². The number of nitrogens with two attached hydrogens (primary N) is 1. The van der Waals surface area contributed by atoms with E-state index in [4.69, 9.17) is 5.73 Å². The number of para-hydroxylation sites is 1. The number of Topliss-reactive ketones (excluding diaryl/α,β-unsaturated/α-hetero) is 1. The summed E-state index contributed by atoms with van der Waals surface area (Å²) in [4.78, 5) is 43.5. The van der Waals surface area contributed by atoms with Gasteiger partial charge in [0.25, 0.3) is 5.91 Å². The van der Waals surface area contributed by atoms with Crippen LogP contribution in [-0.4, -0.2) is 60.2 Å². The monoisotopic (exact) mass is 467 g/mol. The molecule has 1 aliphatic heterocycles. The standard InChI is InChI=1S/C25H33N5O4/c1-3-27-16-19(14-26)23(33)29-25(10-11-25)24(34)28-15-18-8-12-30(13-9-18)21-7-5-4-6-20(21)22(32)17(2)31/h3-7,14,16-18,31H,1,8-13,15,26H2,2H3,(H,28,34)(H,29,33)/b19-14+,27-16-. The molecule has 1 aromatic rings. The van der Waals surface area contributed by atoms with Crippen LogP contribution in [0.4, 0.5) is 5.69 Å². The first-order valence-electron chi connectivity index (χ1n) is 11.5. The van der Waals surface area contributed by atoms with Crippen molar-refractivity contribution in [2.45, 2.75) is 44.2 Å². The number of piperidine rings is 1. The topological polar surface area (TPSA) is 137 Å². The maximum atomic E-state index is 12.8. The Bertz CT molecular complexity index is 989. The van der Waals surface area contributed by atoms with Crippen LogP contribution < -0.4 is 21.3 Å². The van der Waals surface area contributed by atoms with Gasteiger partial charge in [0.1, 0.15) is 11.6 Å². The van der Waals surface area contributed by atoms with E-state index in [1.54, 1.807) is 12.1 Å². The fraction of sp³-hybridized carbons (Fsp3) is 0.440. The number of nitrogens with zero attached hydrogens (tertiary/aromatic N) is 2. The molecule has 5 N–H and O–H groups in total. The van der Waals surface area contributed by atoms with Gasteiger partial charge in [0.05, 0.1) is 5.57 Å². The second kappa shape index (κ2) is 11.1. The first-order valence-corrected chi connectivity index (χ1v) is 11.5. The van der Waals surface area contributed by atoms with Crippen LogP contribution in [0.25, 0.3) is 0 Å². The Hall–Kier alpha value is -3.46. The van der Waals surface area contributed by atoms with Gasteiger partial charge >= 0.3 is 0 Å². The van der Waals surface area contributed by atoms with Crippen LogP contribution in [0, 0.1) is 5.92 Å². The number of benzene rings is 1. The molecule has 1 aromatic carbocycles. The van der Waals surface area contributed by atoms with Crippen molar-refractivity contribution < 1.29 is 19.5 Å². The average Bonchev–Trinajstić information content (AvgIpc) is 3.63. The van der Waals surface area contributed by atoms with Crippen molar-refractivity contribution >= 4 is 29.5 Å². The van der Waals surface area contributed by atoms with E-state index in [1.165, 1.54) is 19.3 Å². The van der Waals surface area contributed by atoms with Crippen LogP contribution in [0.1, 0.15) is 43.0 Å². The van der Waals surface area contributed by atoms with Crippen molar-refractivity contribution in [1.29, 1.82) is 0 Å². The molecule has 182 valence electrons. The summed E-state index contributed by atoms with van der Waals surface area (Å²) in [5, 5.41) is 15.5. The number of nitrogens with one attached hydrogen (secondary N) is 2. The molecular formula is C25H33N5O4. The molecule has 2 amide bonds. The molecule has 1 aliphatic carbocycles. The maximum Gasteiger partial charge on any atom is 0.255 e. The van der Waals surface area contributed by atoms with Crippen LogP contribution in [0.2, 0.25) is 0 Å². The summed E-state index contributed by atoms with van der Waals surface area (Å²) in [6.07, 6.45) is 5.57. The van der Waals surface area contributed by atoms with Gasteiger partial charge in [-0.1, -0.05) is 18.7 Å². The lowest BCUT2D eigenvalue weighted by atomic mass is 9.95. The SMILES string of the molecule is C=C/N=C\C(=C/N)C(=O)NC1(C(=O)NCC2CCN(c3ccccc3C(=O)C(C)O)CC2)CC1. The fourth-order valence-corrected chi connectivity index (χ4v) is 4.10. The molecule has 9 heteroatoms. The van der Waals surface area contributed by atoms with Gasteiger partial charge in [0.2, 0.25) is 5.91 Å². The third kappa shape index (κ3) is 5.91. The quantitative estimate of drug-likeness (QED) is 0.232. The summed E-state index contributed by atoms with van der Waals surface area (Å²) < 4.78 is 0. The van der Waals surface area contributed by atoms with Gasteiger partial charge in [-0.15, -0.1) is 0 Å². The van der Waals surface area contributed by atoms with Gasteiger partial charge in [0.15, 0.2) is 5.78 Å². The summed E-state index contributed by atoms with van der Waals surface area (Å²) in [6, 6.07) is 7.33. The molecule has 2 aliphatic rings. The highest BCUT2D eigenvalue weighted by molar-refractivity contribution is 6.13. The minimum Gasteiger partial charge on any atom is -0.404 e. The van der Waals surface area contributed by atoms with Crippen molar-refractivity contribution in [2.24, 2.45) is 16.6 Å². The lowest BCUT2D eigenvalue weighted by Gasteiger charge is -2.35. The average molecular weight is 468 g/mol. The number of aliphatic imine (C=N–C) groups is 1. The molecular weight excluding hydrogens is 434 g/mol. The molecule has 2 fully saturated rings. The zero-order valence-electron chi connectivity index (χ0n) is 19.5. The van der Waals surface area contributed by atoms with Crippen molar-refractivity contribution in [3.63, 3.8) is 0 Å². The highest BCUT2D eigenvalue weighted by Gasteiger charge is 2.51. The number of aliphatic hydroxyl groups is 1. The molecule has 1 saturated heterocycles. The number of anilines is 1. The molecule has 1 atom stereocenters. The fourth-order valence-electron chi connectivity index (χ4n) is 4.10. The zero-order chi connectivity index (χ0) is 24.7. The molecule has 3 rings (SSSR count). The summed E-state index contributed by atoms with van der Waals surface area (Å²) in [5.74, 6) is -0.622. The lowest BCUT2D eigenvalue weighted by molar-refractivity contribution is -0.128. The Labute approximate surface area is 199 Å². The van der Waals surface area contributed by atoms with Crippen molar-refractivity contribution in [2.75, 3.05) is 24.5 Å². The molecule has 1 saturated carbocycles. The number of aliphatic hydroxyl groups excluding tert-OH is 1. The van der Waals surface area contributed by atoms with E-state index in [-0.39, 0.29) is 17.3 Å². The first-order chi connectivity index (χ1) is 16.3. The number of carbonyl (C=O) groups is 3. The second-order valence-electron chi connectivity index (χ2n) is 8.82. The second-order valence-corrected chi connectivity index (χ2v) is 8.82. The zero-order valence-corrected chi connectivity index (χ0v) is 19.5.